The van der Waals surface area contributed by atoms with Gasteiger partial charge in [-0.3, -0.25) is 9.59 Å². The average molecular weight is 1170 g/mol. The lowest BCUT2D eigenvalue weighted by Crippen LogP contribution is -2.61. The fourth-order valence-corrected chi connectivity index (χ4v) is 12.7. The molecule has 4 aliphatic rings. The van der Waals surface area contributed by atoms with Gasteiger partial charge in [-0.2, -0.15) is 0 Å². The lowest BCUT2D eigenvalue weighted by Gasteiger charge is -2.49. The molecule has 4 fully saturated rings. The molecular formula is C58H93ClN4O18. The summed E-state index contributed by atoms with van der Waals surface area (Å²) in [6.07, 6.45) is -5.56. The number of carboxylic acid groups (broad SMARTS) is 1. The highest BCUT2D eigenvalue weighted by Gasteiger charge is 2.54. The van der Waals surface area contributed by atoms with Crippen molar-refractivity contribution >= 4 is 40.5 Å². The number of carbonyl (C=O) groups is 3. The number of cyclic esters (lactones) is 1. The van der Waals surface area contributed by atoms with Gasteiger partial charge in [0.05, 0.1) is 58.5 Å². The Morgan fingerprint density at radius 3 is 2.25 bits per heavy atom. The van der Waals surface area contributed by atoms with E-state index in [0.717, 1.165) is 12.8 Å². The molecule has 0 radical (unpaired) electrons. The van der Waals surface area contributed by atoms with Gasteiger partial charge in [0.15, 0.2) is 18.7 Å². The zero-order valence-electron chi connectivity index (χ0n) is 50.2. The number of nitrogens with zero attached hydrogens (tertiary/aromatic N) is 3. The third-order valence-electron chi connectivity index (χ3n) is 17.1. The molecule has 1 amide bonds. The molecule has 460 valence electrons. The van der Waals surface area contributed by atoms with Gasteiger partial charge in [0.2, 0.25) is 5.43 Å². The first-order valence-corrected chi connectivity index (χ1v) is 29.0. The monoisotopic (exact) mass is 1170 g/mol. The SMILES string of the molecule is CC[C@H]1OC(=O)[C@H](C)[C@@H](O[C@H]2C[C@@](C)(OC)[C@@H](OC(=O)NCCCOCCOc3cc4c(=O)c(C(=O)O)cn(C5CC5)c4cc3Cl)[C@H](C)O2)[C@H](C)[C@@H](O[C@@H]2O[C@H](C)C[C@H](N(C)C)[C@H]2O)[C@](C)(O)C[C@@H](C)CN(C)[C@H](C)[C@@H](OC)[C@]1(C)O. The first-order valence-electron chi connectivity index (χ1n) is 28.7. The summed E-state index contributed by atoms with van der Waals surface area (Å²) >= 11 is 6.54. The summed E-state index contributed by atoms with van der Waals surface area (Å²) in [5.74, 6) is -3.83. The standard InChI is InChI=1S/C58H93ClN4O18/c1-16-44-58(10,71)50(72-14)35(6)62(13)29-31(2)27-56(8,70)49(80-54-47(65)42(61(11)12)24-32(3)76-54)33(4)48(34(5)53(68)78-44)79-45-28-57(9,73-15)51(36(7)77-45)81-55(69)60-20-17-21-74-22-23-75-43-25-38-41(26-40(43)59)63(37-18-19-37)30-39(46(38)64)52(66)67/h25-26,30-37,42,44-45,47-51,54,65,70-71H,16-24,27-29H2,1-15H3,(H,60,69)(H,66,67)/t31-,32-,33+,34-,35-,36+,42+,44-,45+,47-,48+,49-,50-,51+,54+,56-,57-,58-/m1/s1. The van der Waals surface area contributed by atoms with Crippen molar-refractivity contribution < 1.29 is 82.2 Å². The molecule has 0 spiro atoms. The average Bonchev–Trinajstić information content (AvgIpc) is 4.28. The van der Waals surface area contributed by atoms with Crippen molar-refractivity contribution in [1.29, 1.82) is 0 Å². The molecule has 3 saturated heterocycles. The van der Waals surface area contributed by atoms with Crippen LogP contribution in [0.15, 0.2) is 23.1 Å². The smallest absolute Gasteiger partial charge is 0.407 e. The Morgan fingerprint density at radius 1 is 0.938 bits per heavy atom. The first kappa shape index (κ1) is 66.4. The van der Waals surface area contributed by atoms with Gasteiger partial charge < -0.3 is 87.5 Å². The molecular weight excluding hydrogens is 1080 g/mol. The van der Waals surface area contributed by atoms with Crippen LogP contribution in [-0.4, -0.2) is 211 Å². The second kappa shape index (κ2) is 28.0. The van der Waals surface area contributed by atoms with Crippen LogP contribution in [0.5, 0.6) is 5.75 Å². The maximum absolute atomic E-state index is 14.7. The number of aromatic nitrogens is 1. The van der Waals surface area contributed by atoms with Crippen LogP contribution in [-0.2, 0) is 47.4 Å². The fraction of sp³-hybridized carbons (Fsp3) is 0.793. The Kier molecular flexibility index (Phi) is 22.9. The number of likely N-dealkylation sites (N-methyl/N-ethyl adjacent to an activating group) is 2. The van der Waals surface area contributed by atoms with Crippen LogP contribution >= 0.6 is 11.6 Å². The predicted molar refractivity (Wildman–Crippen MR) is 301 cm³/mol. The van der Waals surface area contributed by atoms with Crippen LogP contribution < -0.4 is 15.5 Å². The van der Waals surface area contributed by atoms with Crippen molar-refractivity contribution in [3.8, 4) is 5.75 Å². The number of halogens is 1. The number of carbonyl (C=O) groups excluding carboxylic acids is 2. The number of hydrogen-bond acceptors (Lipinski definition) is 19. The third-order valence-corrected chi connectivity index (χ3v) is 17.4. The van der Waals surface area contributed by atoms with Crippen molar-refractivity contribution in [3.63, 3.8) is 0 Å². The topological polar surface area (TPSA) is 265 Å². The van der Waals surface area contributed by atoms with Gasteiger partial charge in [0, 0.05) is 70.6 Å². The molecule has 22 nitrogen and oxygen atoms in total. The number of fused-ring (bicyclic) bond motifs is 1. The summed E-state index contributed by atoms with van der Waals surface area (Å²) in [6, 6.07) is 2.51. The van der Waals surface area contributed by atoms with Crippen molar-refractivity contribution in [3.05, 3.63) is 39.1 Å². The number of alkyl carbamates (subject to hydrolysis) is 1. The van der Waals surface area contributed by atoms with Gasteiger partial charge in [-0.15, -0.1) is 0 Å². The molecule has 18 atom stereocenters. The van der Waals surface area contributed by atoms with E-state index >= 15 is 0 Å². The highest BCUT2D eigenvalue weighted by atomic mass is 35.5. The quantitative estimate of drug-likeness (QED) is 0.0825. The van der Waals surface area contributed by atoms with E-state index in [0.29, 0.717) is 24.9 Å². The number of nitrogens with one attached hydrogen (secondary N) is 1. The Morgan fingerprint density at radius 2 is 1.63 bits per heavy atom. The molecule has 5 N–H and O–H groups in total. The maximum atomic E-state index is 14.7. The lowest BCUT2D eigenvalue weighted by atomic mass is 9.77. The summed E-state index contributed by atoms with van der Waals surface area (Å²) in [5, 5.41) is 49.8. The number of esters is 1. The fourth-order valence-electron chi connectivity index (χ4n) is 12.5. The second-order valence-electron chi connectivity index (χ2n) is 24.1. The van der Waals surface area contributed by atoms with Gasteiger partial charge in [-0.05, 0) is 126 Å². The normalized spacial score (nSPS) is 36.8. The van der Waals surface area contributed by atoms with Crippen LogP contribution in [0.25, 0.3) is 10.9 Å². The predicted octanol–water partition coefficient (Wildman–Crippen LogP) is 5.78. The van der Waals surface area contributed by atoms with Crippen molar-refractivity contribution in [1.82, 2.24) is 19.7 Å². The van der Waals surface area contributed by atoms with Crippen molar-refractivity contribution in [2.24, 2.45) is 17.8 Å². The first-order chi connectivity index (χ1) is 38.0. The Hall–Kier alpha value is -3.75. The minimum atomic E-state index is -1.64. The van der Waals surface area contributed by atoms with E-state index in [-0.39, 0.29) is 97.5 Å². The summed E-state index contributed by atoms with van der Waals surface area (Å²) in [7, 11) is 8.68. The molecule has 81 heavy (non-hydrogen) atoms. The summed E-state index contributed by atoms with van der Waals surface area (Å²) in [6.45, 7) is 19.1. The van der Waals surface area contributed by atoms with Gasteiger partial charge >= 0.3 is 18.0 Å². The van der Waals surface area contributed by atoms with E-state index in [2.05, 4.69) is 10.2 Å². The molecule has 1 aromatic carbocycles. The third kappa shape index (κ3) is 15.8. The van der Waals surface area contributed by atoms with Gasteiger partial charge in [0.1, 0.15) is 47.4 Å². The van der Waals surface area contributed by atoms with Gasteiger partial charge in [0.25, 0.3) is 0 Å². The number of methoxy groups -OCH3 is 2. The number of aliphatic hydroxyl groups is 3. The lowest BCUT2D eigenvalue weighted by molar-refractivity contribution is -0.317. The number of pyridine rings is 1. The molecule has 23 heteroatoms. The van der Waals surface area contributed by atoms with Crippen LogP contribution in [0.4, 0.5) is 4.79 Å². The summed E-state index contributed by atoms with van der Waals surface area (Å²) < 4.78 is 64.3. The number of aliphatic hydroxyl groups excluding tert-OH is 1. The second-order valence-corrected chi connectivity index (χ2v) is 24.5. The number of rotatable bonds is 19. The zero-order valence-corrected chi connectivity index (χ0v) is 50.9. The molecule has 1 aromatic heterocycles. The van der Waals surface area contributed by atoms with Crippen LogP contribution in [0, 0.1) is 17.8 Å². The van der Waals surface area contributed by atoms with Gasteiger partial charge in [-0.1, -0.05) is 32.4 Å². The summed E-state index contributed by atoms with van der Waals surface area (Å²) in [4.78, 5) is 57.0. The highest BCUT2D eigenvalue weighted by molar-refractivity contribution is 6.32. The number of ether oxygens (including phenoxy) is 10. The highest BCUT2D eigenvalue weighted by Crippen LogP contribution is 2.42. The molecule has 2 aromatic rings. The van der Waals surface area contributed by atoms with E-state index in [1.807, 2.05) is 60.7 Å². The largest absolute Gasteiger partial charge is 0.490 e. The van der Waals surface area contributed by atoms with E-state index < -0.39 is 107 Å². The Bertz CT molecular complexity index is 2490. The molecule has 0 bridgehead atoms. The van der Waals surface area contributed by atoms with Crippen molar-refractivity contribution in [2.45, 2.75) is 211 Å². The zero-order chi connectivity index (χ0) is 60.1. The molecule has 4 heterocycles. The van der Waals surface area contributed by atoms with E-state index in [9.17, 15) is 39.6 Å². The van der Waals surface area contributed by atoms with E-state index in [1.54, 1.807) is 45.3 Å². The number of hydrogen-bond donors (Lipinski definition) is 5. The van der Waals surface area contributed by atoms with Crippen LogP contribution in [0.3, 0.4) is 0 Å². The van der Waals surface area contributed by atoms with E-state index in [1.165, 1.54) is 26.5 Å². The minimum Gasteiger partial charge on any atom is -0.490 e. The molecule has 3 aliphatic heterocycles. The molecule has 6 rings (SSSR count). The molecule has 0 unspecified atom stereocenters. The number of aromatic carboxylic acids is 1. The molecule has 1 saturated carbocycles. The maximum Gasteiger partial charge on any atom is 0.407 e. The Balaban J connectivity index is 1.14. The van der Waals surface area contributed by atoms with Crippen LogP contribution in [0.1, 0.15) is 131 Å². The van der Waals surface area contributed by atoms with Crippen LogP contribution in [0.2, 0.25) is 5.02 Å². The minimum absolute atomic E-state index is 0.0243. The summed E-state index contributed by atoms with van der Waals surface area (Å²) in [5.41, 5.74) is -4.84. The number of carboxylic acids is 1. The van der Waals surface area contributed by atoms with E-state index in [4.69, 9.17) is 59.0 Å². The number of benzene rings is 1. The number of amides is 1. The van der Waals surface area contributed by atoms with Gasteiger partial charge in [-0.25, -0.2) is 9.59 Å². The van der Waals surface area contributed by atoms with Crippen molar-refractivity contribution in [2.75, 3.05) is 68.3 Å². The Labute approximate surface area is 482 Å². The molecule has 1 aliphatic carbocycles.